The molecule has 7 heteroatoms. The van der Waals surface area contributed by atoms with E-state index in [2.05, 4.69) is 15.0 Å². The number of esters is 1. The van der Waals surface area contributed by atoms with Gasteiger partial charge >= 0.3 is 5.97 Å². The van der Waals surface area contributed by atoms with E-state index in [1.165, 1.54) is 18.4 Å². The Kier molecular flexibility index (Phi) is 6.39. The molecule has 0 atom stereocenters. The molecular weight excluding hydrogens is 376 g/mol. The molecule has 1 heterocycles. The summed E-state index contributed by atoms with van der Waals surface area (Å²) in [4.78, 5) is 28.4. The van der Waals surface area contributed by atoms with E-state index in [-0.39, 0.29) is 5.91 Å². The van der Waals surface area contributed by atoms with Gasteiger partial charge in [0.2, 0.25) is 5.91 Å². The first kappa shape index (κ1) is 19.6. The number of nitrogens with zero attached hydrogens (tertiary/aromatic N) is 1. The predicted octanol–water partition coefficient (Wildman–Crippen LogP) is 4.18. The van der Waals surface area contributed by atoms with Gasteiger partial charge in [0.15, 0.2) is 0 Å². The summed E-state index contributed by atoms with van der Waals surface area (Å²) in [5, 5.41) is 5.64. The van der Waals surface area contributed by atoms with Crippen molar-refractivity contribution < 1.29 is 19.1 Å². The summed E-state index contributed by atoms with van der Waals surface area (Å²) >= 11 is 1.54. The number of hydrogen-bond acceptors (Lipinski definition) is 6. The van der Waals surface area contributed by atoms with E-state index in [4.69, 9.17) is 4.74 Å². The zero-order valence-corrected chi connectivity index (χ0v) is 16.4. The quantitative estimate of drug-likeness (QED) is 0.606. The second-order valence-corrected chi connectivity index (χ2v) is 6.85. The number of rotatable bonds is 7. The van der Waals surface area contributed by atoms with Gasteiger partial charge in [0.25, 0.3) is 0 Å². The maximum absolute atomic E-state index is 12.2. The van der Waals surface area contributed by atoms with Gasteiger partial charge < -0.3 is 14.8 Å². The van der Waals surface area contributed by atoms with Crippen LogP contribution in [-0.2, 0) is 16.0 Å². The van der Waals surface area contributed by atoms with Crippen LogP contribution in [0.25, 0.3) is 10.6 Å². The first-order valence-corrected chi connectivity index (χ1v) is 9.54. The third kappa shape index (κ3) is 4.95. The van der Waals surface area contributed by atoms with Gasteiger partial charge in [-0.3, -0.25) is 4.79 Å². The number of benzene rings is 2. The molecule has 144 valence electrons. The average molecular weight is 396 g/mol. The van der Waals surface area contributed by atoms with Crippen LogP contribution >= 0.6 is 11.3 Å². The average Bonchev–Trinajstić information content (AvgIpc) is 3.21. The highest BCUT2D eigenvalue weighted by Crippen LogP contribution is 2.27. The molecule has 0 radical (unpaired) electrons. The Morgan fingerprint density at radius 3 is 2.71 bits per heavy atom. The Morgan fingerprint density at radius 2 is 1.93 bits per heavy atom. The van der Waals surface area contributed by atoms with Gasteiger partial charge in [0.05, 0.1) is 25.5 Å². The lowest BCUT2D eigenvalue weighted by molar-refractivity contribution is -0.116. The molecule has 1 N–H and O–H groups in total. The second kappa shape index (κ2) is 9.14. The van der Waals surface area contributed by atoms with Crippen LogP contribution in [0.3, 0.4) is 0 Å². The molecule has 0 aliphatic carbocycles. The van der Waals surface area contributed by atoms with Crippen molar-refractivity contribution in [1.82, 2.24) is 4.98 Å². The largest absolute Gasteiger partial charge is 0.497 e. The van der Waals surface area contributed by atoms with Gasteiger partial charge in [-0.05, 0) is 36.8 Å². The molecule has 0 saturated heterocycles. The fourth-order valence-corrected chi connectivity index (χ4v) is 3.47. The lowest BCUT2D eigenvalue weighted by Crippen LogP contribution is -2.13. The summed E-state index contributed by atoms with van der Waals surface area (Å²) in [7, 11) is 2.95. The molecule has 0 bridgehead atoms. The van der Waals surface area contributed by atoms with Crippen LogP contribution in [0.5, 0.6) is 5.75 Å². The van der Waals surface area contributed by atoms with E-state index in [9.17, 15) is 9.59 Å². The Hall–Kier alpha value is -3.19. The van der Waals surface area contributed by atoms with Crippen molar-refractivity contribution in [3.8, 4) is 16.3 Å². The summed E-state index contributed by atoms with van der Waals surface area (Å²) in [6.07, 6.45) is 0.826. The van der Waals surface area contributed by atoms with Crippen molar-refractivity contribution >= 4 is 28.9 Å². The molecule has 0 fully saturated rings. The van der Waals surface area contributed by atoms with Crippen LogP contribution in [0, 0.1) is 0 Å². The topological polar surface area (TPSA) is 77.5 Å². The highest BCUT2D eigenvalue weighted by atomic mass is 32.1. The van der Waals surface area contributed by atoms with Crippen LogP contribution in [0.2, 0.25) is 0 Å². The molecule has 1 aromatic heterocycles. The molecule has 6 nitrogen and oxygen atoms in total. The molecule has 0 aliphatic rings. The molecule has 28 heavy (non-hydrogen) atoms. The molecule has 3 rings (SSSR count). The maximum Gasteiger partial charge on any atom is 0.337 e. The second-order valence-electron chi connectivity index (χ2n) is 6.00. The third-order valence-corrected chi connectivity index (χ3v) is 4.98. The van der Waals surface area contributed by atoms with Gasteiger partial charge in [-0.15, -0.1) is 11.3 Å². The smallest absolute Gasteiger partial charge is 0.337 e. The Morgan fingerprint density at radius 1 is 1.11 bits per heavy atom. The number of carbonyl (C=O) groups excluding carboxylic acids is 2. The maximum atomic E-state index is 12.2. The van der Waals surface area contributed by atoms with E-state index in [1.807, 2.05) is 29.6 Å². The Labute approximate surface area is 167 Å². The van der Waals surface area contributed by atoms with Crippen molar-refractivity contribution in [2.45, 2.75) is 12.8 Å². The monoisotopic (exact) mass is 396 g/mol. The molecule has 2 aromatic carbocycles. The number of thiazole rings is 1. The Bertz CT molecular complexity index is 984. The molecule has 3 aromatic rings. The normalized spacial score (nSPS) is 10.4. The van der Waals surface area contributed by atoms with Crippen LogP contribution in [0.4, 0.5) is 5.69 Å². The van der Waals surface area contributed by atoms with Crippen molar-refractivity contribution in [2.24, 2.45) is 0 Å². The van der Waals surface area contributed by atoms with E-state index < -0.39 is 5.97 Å². The van der Waals surface area contributed by atoms with Crippen LogP contribution < -0.4 is 10.1 Å². The minimum atomic E-state index is -0.441. The van der Waals surface area contributed by atoms with Crippen LogP contribution in [-0.4, -0.2) is 31.1 Å². The minimum Gasteiger partial charge on any atom is -0.497 e. The van der Waals surface area contributed by atoms with Gasteiger partial charge in [-0.25, -0.2) is 9.78 Å². The number of ether oxygens (including phenoxy) is 2. The fraction of sp³-hybridized carbons (Fsp3) is 0.190. The predicted molar refractivity (Wildman–Crippen MR) is 109 cm³/mol. The standard InChI is InChI=1S/C21H20N2O4S/c1-26-18-8-4-5-14(12-18)20-23-17(13-28-20)9-10-19(24)22-16-7-3-6-15(11-16)21(25)27-2/h3-8,11-13H,9-10H2,1-2H3,(H,22,24). The summed E-state index contributed by atoms with van der Waals surface area (Å²) in [5.41, 5.74) is 2.80. The lowest BCUT2D eigenvalue weighted by atomic mass is 10.2. The first-order chi connectivity index (χ1) is 13.6. The van der Waals surface area contributed by atoms with Crippen LogP contribution in [0.15, 0.2) is 53.9 Å². The summed E-state index contributed by atoms with van der Waals surface area (Å²) in [6, 6.07) is 14.4. The molecular formula is C21H20N2O4S. The van der Waals surface area contributed by atoms with E-state index in [1.54, 1.807) is 31.4 Å². The fourth-order valence-electron chi connectivity index (χ4n) is 2.62. The van der Waals surface area contributed by atoms with Crippen LogP contribution in [0.1, 0.15) is 22.5 Å². The zero-order chi connectivity index (χ0) is 19.9. The summed E-state index contributed by atoms with van der Waals surface area (Å²) in [5.74, 6) is 0.199. The van der Waals surface area contributed by atoms with Gasteiger partial charge in [-0.2, -0.15) is 0 Å². The first-order valence-electron chi connectivity index (χ1n) is 8.66. The summed E-state index contributed by atoms with van der Waals surface area (Å²) < 4.78 is 9.93. The van der Waals surface area contributed by atoms with E-state index in [0.29, 0.717) is 24.1 Å². The van der Waals surface area contributed by atoms with Crippen molar-refractivity contribution in [1.29, 1.82) is 0 Å². The minimum absolute atomic E-state index is 0.141. The van der Waals surface area contributed by atoms with E-state index >= 15 is 0 Å². The molecule has 0 unspecified atom stereocenters. The van der Waals surface area contributed by atoms with Crippen molar-refractivity contribution in [3.63, 3.8) is 0 Å². The van der Waals surface area contributed by atoms with Crippen molar-refractivity contribution in [2.75, 3.05) is 19.5 Å². The van der Waals surface area contributed by atoms with Gasteiger partial charge in [-0.1, -0.05) is 18.2 Å². The number of aryl methyl sites for hydroxylation is 1. The third-order valence-electron chi connectivity index (χ3n) is 4.04. The molecule has 0 spiro atoms. The number of hydrogen-bond donors (Lipinski definition) is 1. The number of amides is 1. The van der Waals surface area contributed by atoms with Gasteiger partial charge in [0, 0.05) is 23.1 Å². The highest BCUT2D eigenvalue weighted by molar-refractivity contribution is 7.13. The molecule has 0 aliphatic heterocycles. The number of nitrogens with one attached hydrogen (secondary N) is 1. The highest BCUT2D eigenvalue weighted by Gasteiger charge is 2.10. The number of anilines is 1. The lowest BCUT2D eigenvalue weighted by Gasteiger charge is -2.06. The summed E-state index contributed by atoms with van der Waals surface area (Å²) in [6.45, 7) is 0. The van der Waals surface area contributed by atoms with E-state index in [0.717, 1.165) is 22.0 Å². The number of methoxy groups -OCH3 is 2. The SMILES string of the molecule is COC(=O)c1cccc(NC(=O)CCc2csc(-c3cccc(OC)c3)n2)c1. The molecule has 0 saturated carbocycles. The number of aromatic nitrogens is 1. The molecule has 1 amide bonds. The van der Waals surface area contributed by atoms with Crippen molar-refractivity contribution in [3.05, 3.63) is 65.2 Å². The number of carbonyl (C=O) groups is 2. The van der Waals surface area contributed by atoms with Gasteiger partial charge in [0.1, 0.15) is 10.8 Å². The Balaban J connectivity index is 1.58. The zero-order valence-electron chi connectivity index (χ0n) is 15.6.